The zero-order valence-electron chi connectivity index (χ0n) is 25.3. The SMILES string of the molecule is Brc1ccc2[nH]c3c(c2c1)CCC[C@H]3NCc1cccnc1.COc1cccnc1.N[C@@H]1CCCc2c1[nH]c1ccc(Br)cc21. The lowest BCUT2D eigenvalue weighted by Crippen LogP contribution is -2.24. The van der Waals surface area contributed by atoms with Crippen molar-refractivity contribution in [1.82, 2.24) is 25.3 Å². The second-order valence-corrected chi connectivity index (χ2v) is 13.3. The maximum absolute atomic E-state index is 6.11. The van der Waals surface area contributed by atoms with Crippen LogP contribution >= 0.6 is 31.9 Å². The van der Waals surface area contributed by atoms with E-state index in [-0.39, 0.29) is 6.04 Å². The van der Waals surface area contributed by atoms with Crippen LogP contribution in [0, 0.1) is 0 Å². The number of fused-ring (bicyclic) bond motifs is 6. The molecule has 0 fully saturated rings. The number of rotatable bonds is 4. The molecule has 0 radical (unpaired) electrons. The van der Waals surface area contributed by atoms with Crippen molar-refractivity contribution in [3.05, 3.63) is 122 Å². The molecular formula is C36H38Br2N6O. The lowest BCUT2D eigenvalue weighted by molar-refractivity contribution is 0.413. The summed E-state index contributed by atoms with van der Waals surface area (Å²) in [6, 6.07) is 21.2. The molecule has 6 aromatic rings. The summed E-state index contributed by atoms with van der Waals surface area (Å²) in [6.45, 7) is 0.858. The van der Waals surface area contributed by atoms with Crippen LogP contribution < -0.4 is 15.8 Å². The van der Waals surface area contributed by atoms with Gasteiger partial charge in [0.15, 0.2) is 0 Å². The fourth-order valence-electron chi connectivity index (χ4n) is 6.32. The summed E-state index contributed by atoms with van der Waals surface area (Å²) in [7, 11) is 1.62. The van der Waals surface area contributed by atoms with E-state index in [1.807, 2.05) is 30.6 Å². The minimum Gasteiger partial charge on any atom is -0.495 e. The molecule has 8 rings (SSSR count). The Morgan fingerprint density at radius 1 is 0.822 bits per heavy atom. The number of ether oxygens (including phenoxy) is 1. The number of H-pyrrole nitrogens is 2. The molecular weight excluding hydrogens is 692 g/mol. The number of aryl methyl sites for hydroxylation is 2. The number of aromatic nitrogens is 4. The van der Waals surface area contributed by atoms with E-state index in [1.165, 1.54) is 69.1 Å². The number of nitrogens with two attached hydrogens (primary N) is 1. The van der Waals surface area contributed by atoms with Gasteiger partial charge in [-0.15, -0.1) is 0 Å². The van der Waals surface area contributed by atoms with Gasteiger partial charge in [0.25, 0.3) is 0 Å². The van der Waals surface area contributed by atoms with Crippen LogP contribution in [0.15, 0.2) is 94.4 Å². The largest absolute Gasteiger partial charge is 0.495 e. The van der Waals surface area contributed by atoms with Gasteiger partial charge in [0, 0.05) is 79.4 Å². The minimum atomic E-state index is 0.194. The number of nitrogens with zero attached hydrogens (tertiary/aromatic N) is 2. The van der Waals surface area contributed by atoms with E-state index in [9.17, 15) is 0 Å². The van der Waals surface area contributed by atoms with E-state index in [2.05, 4.69) is 99.6 Å². The van der Waals surface area contributed by atoms with Crippen molar-refractivity contribution in [2.45, 2.75) is 57.2 Å². The molecule has 7 nitrogen and oxygen atoms in total. The minimum absolute atomic E-state index is 0.194. The number of aromatic amines is 2. The molecule has 232 valence electrons. The Morgan fingerprint density at radius 2 is 1.44 bits per heavy atom. The van der Waals surface area contributed by atoms with Crippen LogP contribution in [0.25, 0.3) is 21.8 Å². The molecule has 0 amide bonds. The van der Waals surface area contributed by atoms with Crippen molar-refractivity contribution < 1.29 is 4.74 Å². The maximum Gasteiger partial charge on any atom is 0.137 e. The molecule has 5 N–H and O–H groups in total. The van der Waals surface area contributed by atoms with Gasteiger partial charge in [0.2, 0.25) is 0 Å². The predicted molar refractivity (Wildman–Crippen MR) is 189 cm³/mol. The highest BCUT2D eigenvalue weighted by Crippen LogP contribution is 2.36. The number of hydrogen-bond donors (Lipinski definition) is 4. The van der Waals surface area contributed by atoms with Crippen LogP contribution in [0.4, 0.5) is 0 Å². The molecule has 2 atom stereocenters. The van der Waals surface area contributed by atoms with Crippen molar-refractivity contribution >= 4 is 53.7 Å². The zero-order valence-corrected chi connectivity index (χ0v) is 28.5. The van der Waals surface area contributed by atoms with Gasteiger partial charge in [-0.3, -0.25) is 9.97 Å². The number of nitrogens with one attached hydrogen (secondary N) is 3. The normalized spacial score (nSPS) is 17.0. The van der Waals surface area contributed by atoms with Crippen LogP contribution in [0.1, 0.15) is 65.8 Å². The third-order valence-corrected chi connectivity index (χ3v) is 9.52. The highest BCUT2D eigenvalue weighted by molar-refractivity contribution is 9.10. The summed E-state index contributed by atoms with van der Waals surface area (Å²) in [5, 5.41) is 6.37. The van der Waals surface area contributed by atoms with Crippen LogP contribution in [0.3, 0.4) is 0 Å². The smallest absolute Gasteiger partial charge is 0.137 e. The maximum atomic E-state index is 6.11. The standard InChI is InChI=1S/C18H18BrN3.C12H13BrN2.C6H7NO/c19-13-6-7-16-15(9-13)14-4-1-5-17(18(14)22-16)21-11-12-3-2-8-20-10-12;13-7-4-5-11-9(6-7)8-2-1-3-10(14)12(8)15-11;1-8-6-3-2-4-7-5-6/h2-3,6-10,17,21-22H,1,4-5,11H2;4-6,10,15H,1-3,14H2;2-5H,1H3/t17-;10-;/m11./s1. The van der Waals surface area contributed by atoms with Gasteiger partial charge in [0.1, 0.15) is 5.75 Å². The Labute approximate surface area is 280 Å². The Bertz CT molecular complexity index is 1850. The Kier molecular flexibility index (Phi) is 10.3. The van der Waals surface area contributed by atoms with Crippen molar-refractivity contribution in [1.29, 1.82) is 0 Å². The number of pyridine rings is 2. The highest BCUT2D eigenvalue weighted by Gasteiger charge is 2.24. The average molecular weight is 731 g/mol. The second kappa shape index (κ2) is 14.7. The topological polar surface area (TPSA) is 105 Å². The van der Waals surface area contributed by atoms with Crippen LogP contribution in [-0.2, 0) is 19.4 Å². The summed E-state index contributed by atoms with van der Waals surface area (Å²) in [5.74, 6) is 0.799. The first-order valence-electron chi connectivity index (χ1n) is 15.4. The molecule has 0 unspecified atom stereocenters. The number of methoxy groups -OCH3 is 1. The molecule has 0 aliphatic heterocycles. The van der Waals surface area contributed by atoms with Crippen molar-refractivity contribution in [2.24, 2.45) is 5.73 Å². The highest BCUT2D eigenvalue weighted by atomic mass is 79.9. The monoisotopic (exact) mass is 728 g/mol. The van der Waals surface area contributed by atoms with E-state index in [0.29, 0.717) is 6.04 Å². The van der Waals surface area contributed by atoms with Crippen molar-refractivity contribution in [3.8, 4) is 5.75 Å². The third-order valence-electron chi connectivity index (χ3n) is 8.53. The number of hydrogen-bond acceptors (Lipinski definition) is 5. The fourth-order valence-corrected chi connectivity index (χ4v) is 7.04. The Balaban J connectivity index is 0.000000134. The molecule has 0 saturated carbocycles. The molecule has 2 aliphatic carbocycles. The molecule has 4 heterocycles. The van der Waals surface area contributed by atoms with E-state index < -0.39 is 0 Å². The first-order chi connectivity index (χ1) is 22.0. The lowest BCUT2D eigenvalue weighted by atomic mass is 9.91. The van der Waals surface area contributed by atoms with Gasteiger partial charge in [0.05, 0.1) is 13.3 Å². The van der Waals surface area contributed by atoms with Crippen molar-refractivity contribution in [3.63, 3.8) is 0 Å². The fraction of sp³-hybridized carbons (Fsp3) is 0.278. The predicted octanol–water partition coefficient (Wildman–Crippen LogP) is 8.85. The summed E-state index contributed by atoms with van der Waals surface area (Å²) in [6.07, 6.45) is 14.2. The molecule has 45 heavy (non-hydrogen) atoms. The van der Waals surface area contributed by atoms with Crippen molar-refractivity contribution in [2.75, 3.05) is 7.11 Å². The molecule has 0 bridgehead atoms. The van der Waals surface area contributed by atoms with Crippen LogP contribution in [0.5, 0.6) is 5.75 Å². The average Bonchev–Trinajstić information content (AvgIpc) is 3.64. The summed E-state index contributed by atoms with van der Waals surface area (Å²) < 4.78 is 7.13. The van der Waals surface area contributed by atoms with Crippen LogP contribution in [-0.4, -0.2) is 27.0 Å². The quantitative estimate of drug-likeness (QED) is 0.145. The van der Waals surface area contributed by atoms with E-state index in [0.717, 1.165) is 40.5 Å². The van der Waals surface area contributed by atoms with Gasteiger partial charge in [-0.2, -0.15) is 0 Å². The van der Waals surface area contributed by atoms with Gasteiger partial charge < -0.3 is 25.8 Å². The Morgan fingerprint density at radius 3 is 2.04 bits per heavy atom. The number of halogens is 2. The third kappa shape index (κ3) is 7.49. The van der Waals surface area contributed by atoms with Gasteiger partial charge >= 0.3 is 0 Å². The van der Waals surface area contributed by atoms with Gasteiger partial charge in [-0.05, 0) is 110 Å². The van der Waals surface area contributed by atoms with E-state index in [1.54, 1.807) is 19.5 Å². The molecule has 2 aromatic carbocycles. The first-order valence-corrected chi connectivity index (χ1v) is 17.0. The van der Waals surface area contributed by atoms with E-state index in [4.69, 9.17) is 10.5 Å². The van der Waals surface area contributed by atoms with Gasteiger partial charge in [-0.25, -0.2) is 0 Å². The Hall–Kier alpha value is -3.50. The molecule has 0 saturated heterocycles. The summed E-state index contributed by atoms with van der Waals surface area (Å²) >= 11 is 7.10. The molecule has 0 spiro atoms. The summed E-state index contributed by atoms with van der Waals surface area (Å²) in [5.41, 5.74) is 15.3. The first kappa shape index (κ1) is 31.5. The summed E-state index contributed by atoms with van der Waals surface area (Å²) in [4.78, 5) is 15.1. The van der Waals surface area contributed by atoms with Gasteiger partial charge in [-0.1, -0.05) is 37.9 Å². The molecule has 2 aliphatic rings. The molecule has 4 aromatic heterocycles. The van der Waals surface area contributed by atoms with E-state index >= 15 is 0 Å². The zero-order chi connectivity index (χ0) is 31.2. The second-order valence-electron chi connectivity index (χ2n) is 11.5. The van der Waals surface area contributed by atoms with Crippen LogP contribution in [0.2, 0.25) is 0 Å². The molecule has 9 heteroatoms. The number of benzene rings is 2. The lowest BCUT2D eigenvalue weighted by Gasteiger charge is -2.24.